The Labute approximate surface area is 96.3 Å². The number of ether oxygens (including phenoxy) is 3. The first kappa shape index (κ1) is 11.3. The average Bonchev–Trinajstić information content (AvgIpc) is 2.33. The van der Waals surface area contributed by atoms with Gasteiger partial charge in [0.25, 0.3) is 0 Å². The first-order chi connectivity index (χ1) is 7.79. The molecule has 1 heterocycles. The molecule has 0 amide bonds. The maximum atomic E-state index is 5.88. The lowest BCUT2D eigenvalue weighted by molar-refractivity contribution is 0.00644. The minimum Gasteiger partial charge on any atom is -0.493 e. The molecule has 0 unspecified atom stereocenters. The summed E-state index contributed by atoms with van der Waals surface area (Å²) in [4.78, 5) is 0. The molecule has 0 N–H and O–H groups in total. The van der Waals surface area contributed by atoms with Crippen LogP contribution in [0.1, 0.15) is 18.4 Å². The first-order valence-electron chi connectivity index (χ1n) is 5.68. The summed E-state index contributed by atoms with van der Waals surface area (Å²) in [5.41, 5.74) is 1.17. The molecule has 1 fully saturated rings. The van der Waals surface area contributed by atoms with Crippen LogP contribution in [0.15, 0.2) is 18.2 Å². The molecule has 1 aliphatic heterocycles. The van der Waals surface area contributed by atoms with E-state index in [1.807, 2.05) is 25.1 Å². The van der Waals surface area contributed by atoms with Crippen molar-refractivity contribution >= 4 is 0 Å². The molecular formula is C13H18O3. The third-order valence-corrected chi connectivity index (χ3v) is 2.73. The van der Waals surface area contributed by atoms with E-state index < -0.39 is 0 Å². The molecule has 0 aromatic heterocycles. The van der Waals surface area contributed by atoms with Gasteiger partial charge < -0.3 is 14.2 Å². The zero-order valence-corrected chi connectivity index (χ0v) is 9.86. The summed E-state index contributed by atoms with van der Waals surface area (Å²) in [6.07, 6.45) is 2.28. The van der Waals surface area contributed by atoms with E-state index in [9.17, 15) is 0 Å². The zero-order chi connectivity index (χ0) is 11.4. The molecule has 0 spiro atoms. The molecule has 1 atom stereocenters. The predicted molar refractivity (Wildman–Crippen MR) is 62.2 cm³/mol. The molecule has 0 bridgehead atoms. The molecule has 0 saturated carbocycles. The van der Waals surface area contributed by atoms with E-state index in [2.05, 4.69) is 0 Å². The second kappa shape index (κ2) is 5.21. The predicted octanol–water partition coefficient (Wildman–Crippen LogP) is 2.56. The van der Waals surface area contributed by atoms with Crippen molar-refractivity contribution in [3.63, 3.8) is 0 Å². The van der Waals surface area contributed by atoms with Gasteiger partial charge in [-0.05, 0) is 37.5 Å². The topological polar surface area (TPSA) is 27.7 Å². The molecule has 2 rings (SSSR count). The van der Waals surface area contributed by atoms with Crippen LogP contribution >= 0.6 is 0 Å². The van der Waals surface area contributed by atoms with Crippen LogP contribution in [0.4, 0.5) is 0 Å². The second-order valence-corrected chi connectivity index (χ2v) is 4.11. The lowest BCUT2D eigenvalue weighted by Crippen LogP contribution is -2.28. The number of benzene rings is 1. The fourth-order valence-corrected chi connectivity index (χ4v) is 1.86. The van der Waals surface area contributed by atoms with Crippen LogP contribution < -0.4 is 9.47 Å². The maximum Gasteiger partial charge on any atom is 0.161 e. The highest BCUT2D eigenvalue weighted by atomic mass is 16.5. The Morgan fingerprint density at radius 2 is 2.19 bits per heavy atom. The van der Waals surface area contributed by atoms with Crippen molar-refractivity contribution in [2.24, 2.45) is 0 Å². The monoisotopic (exact) mass is 222 g/mol. The van der Waals surface area contributed by atoms with Crippen molar-refractivity contribution in [1.82, 2.24) is 0 Å². The summed E-state index contributed by atoms with van der Waals surface area (Å²) in [5.74, 6) is 1.61. The van der Waals surface area contributed by atoms with Crippen LogP contribution in [0.3, 0.4) is 0 Å². The van der Waals surface area contributed by atoms with Crippen LogP contribution in [0.25, 0.3) is 0 Å². The summed E-state index contributed by atoms with van der Waals surface area (Å²) in [7, 11) is 1.67. The van der Waals surface area contributed by atoms with Crippen molar-refractivity contribution in [1.29, 1.82) is 0 Å². The van der Waals surface area contributed by atoms with Crippen molar-refractivity contribution in [2.75, 3.05) is 20.3 Å². The first-order valence-corrected chi connectivity index (χ1v) is 5.68. The van der Waals surface area contributed by atoms with Crippen LogP contribution in [-0.4, -0.2) is 26.4 Å². The van der Waals surface area contributed by atoms with Gasteiger partial charge in [0.15, 0.2) is 11.5 Å². The van der Waals surface area contributed by atoms with Gasteiger partial charge in [-0.25, -0.2) is 0 Å². The summed E-state index contributed by atoms with van der Waals surface area (Å²) >= 11 is 0. The standard InChI is InChI=1S/C13H18O3/c1-10-5-6-12(13(8-10)14-2)16-11-4-3-7-15-9-11/h5-6,8,11H,3-4,7,9H2,1-2H3/t11-/m0/s1. The van der Waals surface area contributed by atoms with Crippen LogP contribution in [0.5, 0.6) is 11.5 Å². The maximum absolute atomic E-state index is 5.88. The van der Waals surface area contributed by atoms with Crippen molar-refractivity contribution < 1.29 is 14.2 Å². The normalized spacial score (nSPS) is 20.5. The van der Waals surface area contributed by atoms with Crippen LogP contribution in [-0.2, 0) is 4.74 Å². The van der Waals surface area contributed by atoms with Gasteiger partial charge in [0, 0.05) is 6.61 Å². The van der Waals surface area contributed by atoms with Gasteiger partial charge in [0.2, 0.25) is 0 Å². The Balaban J connectivity index is 2.07. The SMILES string of the molecule is COc1cc(C)ccc1O[C@H]1CCCOC1. The van der Waals surface area contributed by atoms with Gasteiger partial charge in [-0.1, -0.05) is 6.07 Å². The highest BCUT2D eigenvalue weighted by Crippen LogP contribution is 2.29. The van der Waals surface area contributed by atoms with E-state index in [1.165, 1.54) is 5.56 Å². The molecule has 1 saturated heterocycles. The minimum atomic E-state index is 0.158. The van der Waals surface area contributed by atoms with E-state index in [-0.39, 0.29) is 6.10 Å². The number of methoxy groups -OCH3 is 1. The van der Waals surface area contributed by atoms with E-state index in [0.717, 1.165) is 30.9 Å². The van der Waals surface area contributed by atoms with Gasteiger partial charge in [-0.15, -0.1) is 0 Å². The smallest absolute Gasteiger partial charge is 0.161 e. The van der Waals surface area contributed by atoms with Gasteiger partial charge in [0.05, 0.1) is 13.7 Å². The minimum absolute atomic E-state index is 0.158. The number of hydrogen-bond donors (Lipinski definition) is 0. The highest BCUT2D eigenvalue weighted by molar-refractivity contribution is 5.42. The third kappa shape index (κ3) is 2.67. The molecule has 3 nitrogen and oxygen atoms in total. The lowest BCUT2D eigenvalue weighted by Gasteiger charge is -2.24. The van der Waals surface area contributed by atoms with E-state index in [1.54, 1.807) is 7.11 Å². The third-order valence-electron chi connectivity index (χ3n) is 2.73. The van der Waals surface area contributed by atoms with E-state index in [4.69, 9.17) is 14.2 Å². The average molecular weight is 222 g/mol. The Bertz CT molecular complexity index is 343. The van der Waals surface area contributed by atoms with Gasteiger partial charge in [-0.2, -0.15) is 0 Å². The summed E-state index contributed by atoms with van der Waals surface area (Å²) < 4.78 is 16.6. The molecule has 1 aromatic carbocycles. The second-order valence-electron chi connectivity index (χ2n) is 4.11. The fraction of sp³-hybridized carbons (Fsp3) is 0.538. The molecule has 0 aliphatic carbocycles. The molecule has 16 heavy (non-hydrogen) atoms. The fourth-order valence-electron chi connectivity index (χ4n) is 1.86. The largest absolute Gasteiger partial charge is 0.493 e. The number of hydrogen-bond acceptors (Lipinski definition) is 3. The van der Waals surface area contributed by atoms with E-state index in [0.29, 0.717) is 6.61 Å². The zero-order valence-electron chi connectivity index (χ0n) is 9.86. The van der Waals surface area contributed by atoms with Crippen molar-refractivity contribution in [3.8, 4) is 11.5 Å². The summed E-state index contributed by atoms with van der Waals surface area (Å²) in [6, 6.07) is 5.98. The highest BCUT2D eigenvalue weighted by Gasteiger charge is 2.17. The Kier molecular flexibility index (Phi) is 3.67. The van der Waals surface area contributed by atoms with Crippen molar-refractivity contribution in [2.45, 2.75) is 25.9 Å². The number of aryl methyl sites for hydroxylation is 1. The lowest BCUT2D eigenvalue weighted by atomic mass is 10.1. The van der Waals surface area contributed by atoms with Gasteiger partial charge in [-0.3, -0.25) is 0 Å². The molecular weight excluding hydrogens is 204 g/mol. The Morgan fingerprint density at radius 3 is 2.88 bits per heavy atom. The molecule has 1 aliphatic rings. The molecule has 3 heteroatoms. The van der Waals surface area contributed by atoms with Gasteiger partial charge in [0.1, 0.15) is 6.10 Å². The molecule has 88 valence electrons. The van der Waals surface area contributed by atoms with Crippen LogP contribution in [0.2, 0.25) is 0 Å². The summed E-state index contributed by atoms with van der Waals surface area (Å²) in [5, 5.41) is 0. The Morgan fingerprint density at radius 1 is 1.31 bits per heavy atom. The molecule has 0 radical (unpaired) electrons. The quantitative estimate of drug-likeness (QED) is 0.786. The van der Waals surface area contributed by atoms with Crippen LogP contribution in [0, 0.1) is 6.92 Å². The van der Waals surface area contributed by atoms with Crippen molar-refractivity contribution in [3.05, 3.63) is 23.8 Å². The molecule has 1 aromatic rings. The summed E-state index contributed by atoms with van der Waals surface area (Å²) in [6.45, 7) is 3.57. The van der Waals surface area contributed by atoms with E-state index >= 15 is 0 Å². The Hall–Kier alpha value is -1.22. The number of rotatable bonds is 3. The van der Waals surface area contributed by atoms with Gasteiger partial charge >= 0.3 is 0 Å².